The van der Waals surface area contributed by atoms with E-state index in [1.807, 2.05) is 32.0 Å². The van der Waals surface area contributed by atoms with Crippen LogP contribution in [0.3, 0.4) is 0 Å². The van der Waals surface area contributed by atoms with Crippen LogP contribution in [-0.2, 0) is 11.3 Å². The fourth-order valence-electron chi connectivity index (χ4n) is 1.77. The molecule has 1 fully saturated rings. The molecular formula is C14H19ClN2O. The monoisotopic (exact) mass is 266 g/mol. The fraction of sp³-hybridized carbons (Fsp3) is 0.500. The third-order valence-electron chi connectivity index (χ3n) is 3.22. The van der Waals surface area contributed by atoms with Crippen LogP contribution in [-0.4, -0.2) is 18.0 Å². The van der Waals surface area contributed by atoms with Crippen LogP contribution in [0, 0.1) is 6.92 Å². The van der Waals surface area contributed by atoms with Gasteiger partial charge in [-0.2, -0.15) is 0 Å². The summed E-state index contributed by atoms with van der Waals surface area (Å²) in [6.45, 7) is 4.60. The number of nitrogens with one attached hydrogen (secondary N) is 2. The molecule has 1 aromatic rings. The maximum Gasteiger partial charge on any atom is 0.237 e. The minimum absolute atomic E-state index is 0.0871. The van der Waals surface area contributed by atoms with E-state index in [9.17, 15) is 4.79 Å². The highest BCUT2D eigenvalue weighted by molar-refractivity contribution is 6.30. The smallest absolute Gasteiger partial charge is 0.237 e. The zero-order valence-electron chi connectivity index (χ0n) is 10.8. The van der Waals surface area contributed by atoms with Gasteiger partial charge in [0.2, 0.25) is 5.91 Å². The second kappa shape index (κ2) is 5.72. The standard InChI is InChI=1S/C14H19ClN2O/c1-9-7-12(15)4-3-11(9)8-16-10(2)14(18)17-13-5-6-13/h3-4,7,10,13,16H,5-6,8H2,1-2H3,(H,17,18). The molecule has 1 unspecified atom stereocenters. The quantitative estimate of drug-likeness (QED) is 0.859. The molecule has 1 saturated carbocycles. The van der Waals surface area contributed by atoms with Crippen LogP contribution in [0.2, 0.25) is 5.02 Å². The number of rotatable bonds is 5. The highest BCUT2D eigenvalue weighted by Crippen LogP contribution is 2.18. The maximum atomic E-state index is 11.8. The van der Waals surface area contributed by atoms with Crippen molar-refractivity contribution in [3.8, 4) is 0 Å². The third-order valence-corrected chi connectivity index (χ3v) is 3.46. The first kappa shape index (κ1) is 13.4. The van der Waals surface area contributed by atoms with Crippen molar-refractivity contribution in [2.45, 2.75) is 45.3 Å². The van der Waals surface area contributed by atoms with Crippen LogP contribution in [0.25, 0.3) is 0 Å². The average molecular weight is 267 g/mol. The van der Waals surface area contributed by atoms with Crippen molar-refractivity contribution in [3.63, 3.8) is 0 Å². The van der Waals surface area contributed by atoms with E-state index in [1.54, 1.807) is 0 Å². The SMILES string of the molecule is Cc1cc(Cl)ccc1CNC(C)C(=O)NC1CC1. The van der Waals surface area contributed by atoms with Crippen LogP contribution in [0.5, 0.6) is 0 Å². The average Bonchev–Trinajstić information content (AvgIpc) is 3.11. The Balaban J connectivity index is 1.84. The van der Waals surface area contributed by atoms with Crippen molar-refractivity contribution in [1.82, 2.24) is 10.6 Å². The van der Waals surface area contributed by atoms with E-state index >= 15 is 0 Å². The molecule has 18 heavy (non-hydrogen) atoms. The van der Waals surface area contributed by atoms with Gasteiger partial charge in [-0.3, -0.25) is 4.79 Å². The molecule has 1 atom stereocenters. The van der Waals surface area contributed by atoms with Gasteiger partial charge < -0.3 is 10.6 Å². The number of halogens is 1. The minimum atomic E-state index is -0.166. The van der Waals surface area contributed by atoms with E-state index in [4.69, 9.17) is 11.6 Å². The Kier molecular flexibility index (Phi) is 4.25. The van der Waals surface area contributed by atoms with E-state index < -0.39 is 0 Å². The van der Waals surface area contributed by atoms with Gasteiger partial charge in [0.1, 0.15) is 0 Å². The van der Waals surface area contributed by atoms with Crippen molar-refractivity contribution >= 4 is 17.5 Å². The lowest BCUT2D eigenvalue weighted by molar-refractivity contribution is -0.122. The van der Waals surface area contributed by atoms with Crippen LogP contribution < -0.4 is 10.6 Å². The molecule has 2 rings (SSSR count). The van der Waals surface area contributed by atoms with Crippen LogP contribution in [0.15, 0.2) is 18.2 Å². The molecule has 3 nitrogen and oxygen atoms in total. The number of hydrogen-bond donors (Lipinski definition) is 2. The third kappa shape index (κ3) is 3.72. The molecule has 98 valence electrons. The Bertz CT molecular complexity index is 443. The van der Waals surface area contributed by atoms with Crippen LogP contribution in [0.1, 0.15) is 30.9 Å². The summed E-state index contributed by atoms with van der Waals surface area (Å²) < 4.78 is 0. The predicted molar refractivity (Wildman–Crippen MR) is 73.7 cm³/mol. The number of amides is 1. The van der Waals surface area contributed by atoms with Crippen molar-refractivity contribution in [3.05, 3.63) is 34.3 Å². The van der Waals surface area contributed by atoms with E-state index in [-0.39, 0.29) is 11.9 Å². The molecule has 0 saturated heterocycles. The molecule has 0 aliphatic heterocycles. The fourth-order valence-corrected chi connectivity index (χ4v) is 1.99. The normalized spacial score (nSPS) is 16.4. The number of carbonyl (C=O) groups is 1. The Morgan fingerprint density at radius 1 is 1.50 bits per heavy atom. The Morgan fingerprint density at radius 3 is 2.83 bits per heavy atom. The molecule has 0 bridgehead atoms. The summed E-state index contributed by atoms with van der Waals surface area (Å²) in [7, 11) is 0. The van der Waals surface area contributed by atoms with E-state index in [0.29, 0.717) is 12.6 Å². The molecule has 1 amide bonds. The molecule has 4 heteroatoms. The van der Waals surface area contributed by atoms with E-state index in [2.05, 4.69) is 10.6 Å². The highest BCUT2D eigenvalue weighted by atomic mass is 35.5. The zero-order chi connectivity index (χ0) is 13.1. The van der Waals surface area contributed by atoms with Crippen molar-refractivity contribution in [2.24, 2.45) is 0 Å². The van der Waals surface area contributed by atoms with Gasteiger partial charge in [-0.25, -0.2) is 0 Å². The van der Waals surface area contributed by atoms with Gasteiger partial charge in [-0.05, 0) is 49.9 Å². The first-order valence-corrected chi connectivity index (χ1v) is 6.73. The van der Waals surface area contributed by atoms with Crippen molar-refractivity contribution < 1.29 is 4.79 Å². The number of aryl methyl sites for hydroxylation is 1. The molecular weight excluding hydrogens is 248 g/mol. The van der Waals surface area contributed by atoms with Gasteiger partial charge in [-0.1, -0.05) is 17.7 Å². The largest absolute Gasteiger partial charge is 0.352 e. The summed E-state index contributed by atoms with van der Waals surface area (Å²) >= 11 is 5.91. The summed E-state index contributed by atoms with van der Waals surface area (Å²) in [6, 6.07) is 6.06. The Hall–Kier alpha value is -1.06. The molecule has 1 aliphatic rings. The first-order chi connectivity index (χ1) is 8.56. The molecule has 1 aliphatic carbocycles. The minimum Gasteiger partial charge on any atom is -0.352 e. The summed E-state index contributed by atoms with van der Waals surface area (Å²) in [5, 5.41) is 6.97. The summed E-state index contributed by atoms with van der Waals surface area (Å²) in [4.78, 5) is 11.8. The molecule has 0 heterocycles. The van der Waals surface area contributed by atoms with E-state index in [1.165, 1.54) is 5.56 Å². The maximum absolute atomic E-state index is 11.8. The van der Waals surface area contributed by atoms with Crippen LogP contribution >= 0.6 is 11.6 Å². The lowest BCUT2D eigenvalue weighted by Crippen LogP contribution is -2.42. The summed E-state index contributed by atoms with van der Waals surface area (Å²) in [5.41, 5.74) is 2.32. The Morgan fingerprint density at radius 2 is 2.22 bits per heavy atom. The number of carbonyl (C=O) groups excluding carboxylic acids is 1. The zero-order valence-corrected chi connectivity index (χ0v) is 11.6. The second-order valence-corrected chi connectivity index (χ2v) is 5.39. The first-order valence-electron chi connectivity index (χ1n) is 6.35. The van der Waals surface area contributed by atoms with Gasteiger partial charge in [-0.15, -0.1) is 0 Å². The van der Waals surface area contributed by atoms with Crippen molar-refractivity contribution in [2.75, 3.05) is 0 Å². The van der Waals surface area contributed by atoms with E-state index in [0.717, 1.165) is 23.4 Å². The summed E-state index contributed by atoms with van der Waals surface area (Å²) in [5.74, 6) is 0.0871. The highest BCUT2D eigenvalue weighted by Gasteiger charge is 2.25. The summed E-state index contributed by atoms with van der Waals surface area (Å²) in [6.07, 6.45) is 2.24. The molecule has 2 N–H and O–H groups in total. The number of benzene rings is 1. The molecule has 0 radical (unpaired) electrons. The van der Waals surface area contributed by atoms with Gasteiger partial charge in [0, 0.05) is 17.6 Å². The predicted octanol–water partition coefficient (Wildman–Crippen LogP) is 2.41. The molecule has 0 spiro atoms. The lowest BCUT2D eigenvalue weighted by Gasteiger charge is -2.15. The van der Waals surface area contributed by atoms with Gasteiger partial charge in [0.05, 0.1) is 6.04 Å². The molecule has 0 aromatic heterocycles. The molecule has 1 aromatic carbocycles. The number of hydrogen-bond acceptors (Lipinski definition) is 2. The Labute approximate surface area is 113 Å². The van der Waals surface area contributed by atoms with Gasteiger partial charge in [0.15, 0.2) is 0 Å². The van der Waals surface area contributed by atoms with Crippen LogP contribution in [0.4, 0.5) is 0 Å². The van der Waals surface area contributed by atoms with Gasteiger partial charge in [0.25, 0.3) is 0 Å². The van der Waals surface area contributed by atoms with Crippen molar-refractivity contribution in [1.29, 1.82) is 0 Å². The topological polar surface area (TPSA) is 41.1 Å². The van der Waals surface area contributed by atoms with Gasteiger partial charge >= 0.3 is 0 Å². The lowest BCUT2D eigenvalue weighted by atomic mass is 10.1. The second-order valence-electron chi connectivity index (χ2n) is 4.96.